The molecule has 224 valence electrons. The van der Waals surface area contributed by atoms with Crippen molar-refractivity contribution in [3.8, 4) is 0 Å². The van der Waals surface area contributed by atoms with Gasteiger partial charge in [0.2, 0.25) is 11.8 Å². The van der Waals surface area contributed by atoms with Gasteiger partial charge in [-0.05, 0) is 35.0 Å². The Bertz CT molecular complexity index is 1540. The number of carbonyl (C=O) groups is 2. The molecule has 0 saturated carbocycles. The summed E-state index contributed by atoms with van der Waals surface area (Å²) >= 11 is 8.47. The number of halogens is 11. The Morgan fingerprint density at radius 1 is 0.810 bits per heavy atom. The molecule has 3 aromatic rings. The summed E-state index contributed by atoms with van der Waals surface area (Å²) in [5, 5.41) is 4.57. The summed E-state index contributed by atoms with van der Waals surface area (Å²) < 4.78 is 124. The number of oxime groups is 1. The van der Waals surface area contributed by atoms with Gasteiger partial charge in [0, 0.05) is 46.6 Å². The summed E-state index contributed by atoms with van der Waals surface area (Å²) in [5.41, 5.74) is -8.72. The average molecular weight is 690 g/mol. The number of hydrogen-bond acceptors (Lipinski definition) is 4. The molecular weight excluding hydrogens is 675 g/mol. The van der Waals surface area contributed by atoms with Gasteiger partial charge in [-0.15, -0.1) is 0 Å². The molecule has 0 N–H and O–H groups in total. The molecule has 1 saturated heterocycles. The molecule has 2 amide bonds. The maximum absolute atomic E-state index is 14.3. The van der Waals surface area contributed by atoms with Crippen molar-refractivity contribution in [1.82, 2.24) is 4.42 Å². The lowest BCUT2D eigenvalue weighted by atomic mass is 9.84. The monoisotopic (exact) mass is 688 g/mol. The van der Waals surface area contributed by atoms with Crippen LogP contribution < -0.4 is 0 Å². The van der Waals surface area contributed by atoms with Gasteiger partial charge in [-0.2, -0.15) is 43.9 Å². The molecule has 3 aromatic carbocycles. The van der Waals surface area contributed by atoms with Crippen LogP contribution in [0.25, 0.3) is 10.8 Å². The number of hydrogen-bond donors (Lipinski definition) is 0. The first-order valence-corrected chi connectivity index (χ1v) is 12.8. The Kier molecular flexibility index (Phi) is 8.32. The lowest BCUT2D eigenvalue weighted by Crippen LogP contribution is -2.43. The fraction of sp³-hybridized carbons (Fsp3) is 0.269. The summed E-state index contributed by atoms with van der Waals surface area (Å²) in [4.78, 5) is 25.4. The van der Waals surface area contributed by atoms with Crippen LogP contribution in [-0.4, -0.2) is 28.1 Å². The third-order valence-corrected chi connectivity index (χ3v) is 7.48. The van der Waals surface area contributed by atoms with Gasteiger partial charge in [-0.3, -0.25) is 9.59 Å². The van der Waals surface area contributed by atoms with Crippen LogP contribution in [0.3, 0.4) is 0 Å². The molecule has 0 spiro atoms. The Labute approximate surface area is 244 Å². The lowest BCUT2D eigenvalue weighted by Gasteiger charge is -2.30. The number of amides is 2. The van der Waals surface area contributed by atoms with Gasteiger partial charge in [0.15, 0.2) is 0 Å². The number of alkyl halides is 9. The van der Waals surface area contributed by atoms with E-state index >= 15 is 0 Å². The predicted molar refractivity (Wildman–Crippen MR) is 135 cm³/mol. The average Bonchev–Trinajstić information content (AvgIpc) is 3.49. The van der Waals surface area contributed by atoms with Crippen molar-refractivity contribution in [2.24, 2.45) is 5.16 Å². The molecule has 5 rings (SSSR count). The highest BCUT2D eigenvalue weighted by atomic mass is 79.9. The Balaban J connectivity index is 0.000000437. The Morgan fingerprint density at radius 2 is 1.33 bits per heavy atom. The van der Waals surface area contributed by atoms with E-state index in [0.29, 0.717) is 19.7 Å². The van der Waals surface area contributed by atoms with Crippen LogP contribution in [0.15, 0.2) is 64.2 Å². The van der Waals surface area contributed by atoms with Crippen molar-refractivity contribution < 1.29 is 53.9 Å². The van der Waals surface area contributed by atoms with E-state index < -0.39 is 47.2 Å². The second-order valence-electron chi connectivity index (χ2n) is 9.13. The summed E-state index contributed by atoms with van der Waals surface area (Å²) in [6, 6.07) is 9.35. The molecule has 2 heterocycles. The van der Waals surface area contributed by atoms with Crippen molar-refractivity contribution in [3.63, 3.8) is 0 Å². The predicted octanol–water partition coefficient (Wildman–Crippen LogP) is 8.51. The smallest absolute Gasteiger partial charge is 0.374 e. The summed E-state index contributed by atoms with van der Waals surface area (Å²) in [6.07, 6.45) is -16.6. The molecule has 1 fully saturated rings. The molecule has 0 aliphatic carbocycles. The molecule has 0 radical (unpaired) electrons. The van der Waals surface area contributed by atoms with E-state index in [9.17, 15) is 49.1 Å². The van der Waals surface area contributed by atoms with Crippen LogP contribution in [0.5, 0.6) is 0 Å². The first-order chi connectivity index (χ1) is 19.3. The van der Waals surface area contributed by atoms with Gasteiger partial charge in [0.05, 0.1) is 16.8 Å². The minimum atomic E-state index is -5.39. The van der Waals surface area contributed by atoms with Crippen molar-refractivity contribution in [3.05, 3.63) is 81.3 Å². The summed E-state index contributed by atoms with van der Waals surface area (Å²) in [5.74, 6) is -0.590. The van der Waals surface area contributed by atoms with Gasteiger partial charge in [0.25, 0.3) is 5.60 Å². The van der Waals surface area contributed by atoms with Gasteiger partial charge in [-0.25, -0.2) is 0 Å². The number of nitrogens with zero attached hydrogens (tertiary/aromatic N) is 2. The standard InChI is InChI=1S/C22H11BrF9NO.C4H4ClNO2/c23-17-6-5-16(14-3-1-2-4-15(14)17)18-10-19(34-33-18,22(30,31)32)11-7-12(20(24,25)26)9-13(8-11)21(27,28)29;5-6-3(7)1-2-4(6)8/h1-9H,10H2;1-2H2. The highest BCUT2D eigenvalue weighted by Gasteiger charge is 2.63. The molecule has 2 aliphatic rings. The first kappa shape index (κ1) is 31.6. The second-order valence-corrected chi connectivity index (χ2v) is 10.3. The number of benzene rings is 3. The van der Waals surface area contributed by atoms with E-state index in [0.717, 1.165) is 0 Å². The van der Waals surface area contributed by atoms with E-state index in [1.807, 2.05) is 0 Å². The van der Waals surface area contributed by atoms with E-state index in [4.69, 9.17) is 11.8 Å². The second kappa shape index (κ2) is 11.1. The number of rotatable bonds is 2. The SMILES string of the molecule is FC(F)(F)c1cc(C(F)(F)F)cc(C2(C(F)(F)F)CC(c3ccc(Br)c4ccccc34)=NO2)c1.O=C1CCC(=O)N1Cl. The number of carbonyl (C=O) groups excluding carboxylic acids is 2. The zero-order valence-corrected chi connectivity index (χ0v) is 22.9. The maximum Gasteiger partial charge on any atom is 0.435 e. The molecule has 0 bridgehead atoms. The number of imide groups is 1. The van der Waals surface area contributed by atoms with E-state index in [1.165, 1.54) is 6.07 Å². The van der Waals surface area contributed by atoms with Gasteiger partial charge < -0.3 is 4.84 Å². The fourth-order valence-corrected chi connectivity index (χ4v) is 4.95. The summed E-state index contributed by atoms with van der Waals surface area (Å²) in [7, 11) is 0. The third-order valence-electron chi connectivity index (χ3n) is 6.41. The van der Waals surface area contributed by atoms with Crippen LogP contribution in [0, 0.1) is 0 Å². The minimum Gasteiger partial charge on any atom is -0.374 e. The Morgan fingerprint density at radius 3 is 1.79 bits per heavy atom. The Hall–Kier alpha value is -3.33. The highest BCUT2D eigenvalue weighted by Crippen LogP contribution is 2.51. The molecule has 0 aromatic heterocycles. The molecule has 16 heteroatoms. The van der Waals surface area contributed by atoms with Gasteiger partial charge >= 0.3 is 18.5 Å². The minimum absolute atomic E-state index is 0.0148. The largest absolute Gasteiger partial charge is 0.435 e. The van der Waals surface area contributed by atoms with Gasteiger partial charge in [-0.1, -0.05) is 51.4 Å². The van der Waals surface area contributed by atoms with Crippen molar-refractivity contribution in [1.29, 1.82) is 0 Å². The first-order valence-electron chi connectivity index (χ1n) is 11.7. The zero-order valence-electron chi connectivity index (χ0n) is 20.6. The molecular formula is C26H15BrClF9N2O3. The number of fused-ring (bicyclic) bond motifs is 1. The molecule has 5 nitrogen and oxygen atoms in total. The maximum atomic E-state index is 14.3. The van der Waals surface area contributed by atoms with E-state index in [-0.39, 0.29) is 54.1 Å². The summed E-state index contributed by atoms with van der Waals surface area (Å²) in [6.45, 7) is 0. The van der Waals surface area contributed by atoms with Crippen LogP contribution in [0.2, 0.25) is 0 Å². The zero-order chi connectivity index (χ0) is 31.3. The van der Waals surface area contributed by atoms with Crippen molar-refractivity contribution >= 4 is 56.0 Å². The van der Waals surface area contributed by atoms with Crippen LogP contribution >= 0.6 is 27.7 Å². The van der Waals surface area contributed by atoms with Gasteiger partial charge in [0.1, 0.15) is 0 Å². The third kappa shape index (κ3) is 6.07. The van der Waals surface area contributed by atoms with E-state index in [1.54, 1.807) is 30.3 Å². The van der Waals surface area contributed by atoms with Crippen LogP contribution in [-0.2, 0) is 32.4 Å². The molecule has 2 aliphatic heterocycles. The quantitative estimate of drug-likeness (QED) is 0.154. The fourth-order valence-electron chi connectivity index (χ4n) is 4.30. The molecule has 1 atom stereocenters. The molecule has 1 unspecified atom stereocenters. The lowest BCUT2D eigenvalue weighted by molar-refractivity contribution is -0.276. The normalized spacial score (nSPS) is 19.5. The highest BCUT2D eigenvalue weighted by molar-refractivity contribution is 9.10. The van der Waals surface area contributed by atoms with E-state index in [2.05, 4.69) is 25.9 Å². The van der Waals surface area contributed by atoms with Crippen LogP contribution in [0.4, 0.5) is 39.5 Å². The van der Waals surface area contributed by atoms with Crippen molar-refractivity contribution in [2.45, 2.75) is 43.4 Å². The van der Waals surface area contributed by atoms with Crippen molar-refractivity contribution in [2.75, 3.05) is 0 Å². The topological polar surface area (TPSA) is 59.0 Å². The van der Waals surface area contributed by atoms with Crippen LogP contribution in [0.1, 0.15) is 41.5 Å². The molecule has 42 heavy (non-hydrogen) atoms.